The number of carboxylic acid groups (broad SMARTS) is 2. The van der Waals surface area contributed by atoms with Crippen molar-refractivity contribution in [1.82, 2.24) is 0 Å². The third-order valence-corrected chi connectivity index (χ3v) is 13.2. The quantitative estimate of drug-likeness (QED) is 0.398. The van der Waals surface area contributed by atoms with Crippen LogP contribution in [0.3, 0.4) is 0 Å². The second kappa shape index (κ2) is 7.36. The predicted octanol–water partition coefficient (Wildman–Crippen LogP) is 6.30. The molecule has 0 heterocycles. The molecule has 0 bridgehead atoms. The van der Waals surface area contributed by atoms with E-state index in [0.29, 0.717) is 12.3 Å². The minimum Gasteiger partial charge on any atom is -0.481 e. The van der Waals surface area contributed by atoms with Crippen LogP contribution in [-0.4, -0.2) is 33.4 Å². The summed E-state index contributed by atoms with van der Waals surface area (Å²) >= 11 is 0. The Hall–Kier alpha value is -1.36. The molecule has 0 aliphatic heterocycles. The molecule has 0 aromatic carbocycles. The third-order valence-electron chi connectivity index (χ3n) is 13.2. The molecule has 0 aromatic rings. The van der Waals surface area contributed by atoms with Crippen LogP contribution in [0.25, 0.3) is 0 Å². The van der Waals surface area contributed by atoms with E-state index >= 15 is 0 Å². The summed E-state index contributed by atoms with van der Waals surface area (Å²) in [4.78, 5) is 25.3. The molecule has 0 radical (unpaired) electrons. The van der Waals surface area contributed by atoms with Crippen molar-refractivity contribution in [3.05, 3.63) is 11.6 Å². The number of aliphatic carboxylic acids is 2. The number of carboxylic acids is 2. The molecule has 5 aliphatic carbocycles. The minimum absolute atomic E-state index is 0.00368. The summed E-state index contributed by atoms with van der Waals surface area (Å²) < 4.78 is 0. The SMILES string of the molecule is CC1(C)CC[C@]2(C(=O)O)CC[C@]3(C)C(=CC[C@@H]4[C@@]5(C)CC[C@H](O)[C@@](C)(C(=O)O)[C@H]5CC[C@]43C)[C@@H]2C1. The minimum atomic E-state index is -1.11. The molecule has 0 saturated heterocycles. The molecule has 0 unspecified atom stereocenters. The number of carbonyl (C=O) groups is 2. The average molecular weight is 487 g/mol. The molecule has 5 heteroatoms. The monoisotopic (exact) mass is 486 g/mol. The average Bonchev–Trinajstić information content (AvgIpc) is 2.76. The van der Waals surface area contributed by atoms with Crippen LogP contribution in [0.1, 0.15) is 106 Å². The summed E-state index contributed by atoms with van der Waals surface area (Å²) in [6.07, 6.45) is 9.97. The van der Waals surface area contributed by atoms with Crippen molar-refractivity contribution in [2.45, 2.75) is 112 Å². The van der Waals surface area contributed by atoms with Crippen LogP contribution in [0.4, 0.5) is 0 Å². The highest BCUT2D eigenvalue weighted by Crippen LogP contribution is 2.75. The summed E-state index contributed by atoms with van der Waals surface area (Å²) in [6, 6.07) is 0. The van der Waals surface area contributed by atoms with Gasteiger partial charge in [0.1, 0.15) is 0 Å². The van der Waals surface area contributed by atoms with Crippen LogP contribution in [0.2, 0.25) is 0 Å². The molecule has 35 heavy (non-hydrogen) atoms. The van der Waals surface area contributed by atoms with Gasteiger partial charge in [-0.05, 0) is 111 Å². The van der Waals surface area contributed by atoms with Gasteiger partial charge in [0.25, 0.3) is 0 Å². The van der Waals surface area contributed by atoms with Gasteiger partial charge < -0.3 is 15.3 Å². The standard InChI is InChI=1S/C30H46O5/c1-25(2)13-15-30(24(34)35)16-14-27(4)18(19(30)17-25)7-8-20-26(3)11-10-22(31)29(6,23(32)33)21(26)9-12-28(20,27)5/h7,19-22,31H,8-17H2,1-6H3,(H,32,33)(H,34,35)/t19-,20+,21-,22-,26+,27+,28+,29-,30-/m0/s1. The Kier molecular flexibility index (Phi) is 5.32. The van der Waals surface area contributed by atoms with E-state index in [9.17, 15) is 24.9 Å². The third kappa shape index (κ3) is 2.97. The zero-order valence-corrected chi connectivity index (χ0v) is 22.6. The number of hydrogen-bond acceptors (Lipinski definition) is 3. The van der Waals surface area contributed by atoms with Crippen molar-refractivity contribution in [3.63, 3.8) is 0 Å². The lowest BCUT2D eigenvalue weighted by Gasteiger charge is -2.70. The number of rotatable bonds is 2. The van der Waals surface area contributed by atoms with Crippen molar-refractivity contribution in [2.24, 2.45) is 50.2 Å². The fourth-order valence-electron chi connectivity index (χ4n) is 10.6. The van der Waals surface area contributed by atoms with E-state index in [0.717, 1.165) is 57.8 Å². The van der Waals surface area contributed by atoms with E-state index in [1.807, 2.05) is 0 Å². The van der Waals surface area contributed by atoms with Crippen LogP contribution in [0.15, 0.2) is 11.6 Å². The first kappa shape index (κ1) is 25.3. The Morgan fingerprint density at radius 1 is 0.829 bits per heavy atom. The van der Waals surface area contributed by atoms with E-state index in [1.54, 1.807) is 6.92 Å². The van der Waals surface area contributed by atoms with E-state index in [1.165, 1.54) is 5.57 Å². The maximum atomic E-state index is 12.8. The molecular formula is C30H46O5. The molecule has 196 valence electrons. The van der Waals surface area contributed by atoms with Gasteiger partial charge in [0, 0.05) is 0 Å². The Morgan fingerprint density at radius 3 is 2.11 bits per heavy atom. The molecule has 5 nitrogen and oxygen atoms in total. The fraction of sp³-hybridized carbons (Fsp3) is 0.867. The van der Waals surface area contributed by atoms with Crippen LogP contribution < -0.4 is 0 Å². The van der Waals surface area contributed by atoms with Gasteiger partial charge in [-0.15, -0.1) is 0 Å². The molecule has 0 aromatic heterocycles. The highest BCUT2D eigenvalue weighted by molar-refractivity contribution is 5.77. The highest BCUT2D eigenvalue weighted by Gasteiger charge is 2.70. The van der Waals surface area contributed by atoms with Crippen LogP contribution in [0.5, 0.6) is 0 Å². The first-order chi connectivity index (χ1) is 16.1. The summed E-state index contributed by atoms with van der Waals surface area (Å²) in [7, 11) is 0. The van der Waals surface area contributed by atoms with Crippen LogP contribution >= 0.6 is 0 Å². The number of aliphatic hydroxyl groups is 1. The Bertz CT molecular complexity index is 983. The number of aliphatic hydroxyl groups excluding tert-OH is 1. The zero-order chi connectivity index (χ0) is 25.8. The molecule has 5 aliphatic rings. The van der Waals surface area contributed by atoms with Gasteiger partial charge in [0.05, 0.1) is 16.9 Å². The lowest BCUT2D eigenvalue weighted by atomic mass is 9.33. The zero-order valence-electron chi connectivity index (χ0n) is 22.6. The smallest absolute Gasteiger partial charge is 0.312 e. The van der Waals surface area contributed by atoms with Crippen molar-refractivity contribution in [3.8, 4) is 0 Å². The van der Waals surface area contributed by atoms with Gasteiger partial charge in [0.2, 0.25) is 0 Å². The molecule has 4 saturated carbocycles. The fourth-order valence-corrected chi connectivity index (χ4v) is 10.6. The molecule has 9 atom stereocenters. The number of fused-ring (bicyclic) bond motifs is 7. The largest absolute Gasteiger partial charge is 0.481 e. The number of hydrogen-bond donors (Lipinski definition) is 3. The molecule has 0 spiro atoms. The second-order valence-corrected chi connectivity index (χ2v) is 14.8. The summed E-state index contributed by atoms with van der Waals surface area (Å²) in [5.74, 6) is -1.10. The first-order valence-corrected chi connectivity index (χ1v) is 13.9. The van der Waals surface area contributed by atoms with Crippen molar-refractivity contribution in [2.75, 3.05) is 0 Å². The topological polar surface area (TPSA) is 94.8 Å². The van der Waals surface area contributed by atoms with E-state index < -0.39 is 28.9 Å². The lowest BCUT2D eigenvalue weighted by molar-refractivity contribution is -0.217. The Morgan fingerprint density at radius 2 is 1.49 bits per heavy atom. The van der Waals surface area contributed by atoms with Gasteiger partial charge in [-0.1, -0.05) is 46.3 Å². The van der Waals surface area contributed by atoms with Gasteiger partial charge in [-0.25, -0.2) is 0 Å². The summed E-state index contributed by atoms with van der Waals surface area (Å²) in [6.45, 7) is 13.5. The summed E-state index contributed by atoms with van der Waals surface area (Å²) in [5.41, 5.74) is -0.437. The Balaban J connectivity index is 1.60. The maximum absolute atomic E-state index is 12.8. The maximum Gasteiger partial charge on any atom is 0.312 e. The number of allylic oxidation sites excluding steroid dienone is 2. The highest BCUT2D eigenvalue weighted by atomic mass is 16.4. The predicted molar refractivity (Wildman–Crippen MR) is 135 cm³/mol. The van der Waals surface area contributed by atoms with Gasteiger partial charge in [-0.2, -0.15) is 0 Å². The second-order valence-electron chi connectivity index (χ2n) is 14.8. The molecule has 4 fully saturated rings. The normalized spacial score (nSPS) is 52.7. The molecular weight excluding hydrogens is 440 g/mol. The van der Waals surface area contributed by atoms with Gasteiger partial charge in [0.15, 0.2) is 0 Å². The Labute approximate surface area is 210 Å². The lowest BCUT2D eigenvalue weighted by Crippen LogP contribution is -2.66. The van der Waals surface area contributed by atoms with Gasteiger partial charge >= 0.3 is 11.9 Å². The van der Waals surface area contributed by atoms with Crippen molar-refractivity contribution >= 4 is 11.9 Å². The van der Waals surface area contributed by atoms with Crippen molar-refractivity contribution < 1.29 is 24.9 Å². The first-order valence-electron chi connectivity index (χ1n) is 13.9. The van der Waals surface area contributed by atoms with E-state index in [4.69, 9.17) is 0 Å². The molecule has 3 N–H and O–H groups in total. The van der Waals surface area contributed by atoms with Gasteiger partial charge in [-0.3, -0.25) is 9.59 Å². The van der Waals surface area contributed by atoms with E-state index in [-0.39, 0.29) is 33.5 Å². The molecule has 0 amide bonds. The summed E-state index contributed by atoms with van der Waals surface area (Å²) in [5, 5.41) is 31.6. The molecule has 5 rings (SSSR count). The van der Waals surface area contributed by atoms with Crippen LogP contribution in [-0.2, 0) is 9.59 Å². The van der Waals surface area contributed by atoms with Crippen molar-refractivity contribution in [1.29, 1.82) is 0 Å². The van der Waals surface area contributed by atoms with E-state index in [2.05, 4.69) is 40.7 Å². The van der Waals surface area contributed by atoms with Crippen LogP contribution in [0, 0.1) is 50.2 Å².